The zero-order chi connectivity index (χ0) is 19.8. The lowest BCUT2D eigenvalue weighted by Gasteiger charge is -2.11. The zero-order valence-corrected chi connectivity index (χ0v) is 15.3. The molecule has 0 bridgehead atoms. The van der Waals surface area contributed by atoms with Gasteiger partial charge in [0.1, 0.15) is 0 Å². The van der Waals surface area contributed by atoms with Gasteiger partial charge in [0.25, 0.3) is 0 Å². The molecule has 0 aliphatic heterocycles. The third-order valence-electron chi connectivity index (χ3n) is 3.75. The number of alkyl halides is 3. The summed E-state index contributed by atoms with van der Waals surface area (Å²) >= 11 is 0. The van der Waals surface area contributed by atoms with Crippen LogP contribution in [0.1, 0.15) is 11.3 Å². The molecule has 2 aromatic carbocycles. The summed E-state index contributed by atoms with van der Waals surface area (Å²) in [6.07, 6.45) is -3.34. The Balaban J connectivity index is 1.97. The molecule has 3 aromatic rings. The smallest absolute Gasteiger partial charge is 0.284 e. The number of sulfonamides is 1. The minimum atomic E-state index is -4.39. The van der Waals surface area contributed by atoms with Crippen LogP contribution in [0.4, 0.5) is 18.9 Å². The van der Waals surface area contributed by atoms with Gasteiger partial charge in [0.2, 0.25) is 10.0 Å². The molecule has 3 rings (SSSR count). The summed E-state index contributed by atoms with van der Waals surface area (Å²) in [7, 11) is -3.38. The fourth-order valence-corrected chi connectivity index (χ4v) is 3.18. The lowest BCUT2D eigenvalue weighted by molar-refractivity contribution is -0.137. The van der Waals surface area contributed by atoms with E-state index < -0.39 is 21.8 Å². The first-order valence-corrected chi connectivity index (χ1v) is 9.74. The van der Waals surface area contributed by atoms with E-state index in [0.717, 1.165) is 18.4 Å². The number of benzene rings is 2. The molecule has 0 radical (unpaired) electrons. The Morgan fingerprint density at radius 2 is 1.59 bits per heavy atom. The van der Waals surface area contributed by atoms with E-state index >= 15 is 0 Å². The van der Waals surface area contributed by atoms with E-state index in [9.17, 15) is 21.6 Å². The van der Waals surface area contributed by atoms with E-state index in [4.69, 9.17) is 0 Å². The summed E-state index contributed by atoms with van der Waals surface area (Å²) in [5, 5.41) is 4.39. The summed E-state index contributed by atoms with van der Waals surface area (Å²) in [5.41, 5.74) is 2.25. The molecule has 142 valence electrons. The molecule has 0 aliphatic rings. The third-order valence-corrected chi connectivity index (χ3v) is 4.36. The van der Waals surface area contributed by atoms with Crippen molar-refractivity contribution in [2.75, 3.05) is 11.0 Å². The van der Waals surface area contributed by atoms with Gasteiger partial charge in [-0.05, 0) is 49.4 Å². The lowest BCUT2D eigenvalue weighted by Crippen LogP contribution is -2.09. The molecule has 1 heterocycles. The molecule has 0 saturated carbocycles. The highest BCUT2D eigenvalue weighted by molar-refractivity contribution is 7.92. The van der Waals surface area contributed by atoms with E-state index in [2.05, 4.69) is 9.82 Å². The van der Waals surface area contributed by atoms with Crippen LogP contribution in [0.25, 0.3) is 16.9 Å². The van der Waals surface area contributed by atoms with Crippen molar-refractivity contribution < 1.29 is 21.6 Å². The average Bonchev–Trinajstić information content (AvgIpc) is 2.95. The molecule has 0 atom stereocenters. The summed E-state index contributed by atoms with van der Waals surface area (Å²) in [5.74, 6) is 0. The minimum absolute atomic E-state index is 0.404. The number of rotatable bonds is 4. The van der Waals surface area contributed by atoms with Crippen LogP contribution < -0.4 is 4.72 Å². The second-order valence-electron chi connectivity index (χ2n) is 6.08. The first-order valence-electron chi connectivity index (χ1n) is 7.85. The second-order valence-corrected chi connectivity index (χ2v) is 7.83. The standard InChI is InChI=1S/C18H16F3N3O2S/c1-12-11-17(13-3-5-14(6-4-13)18(19,20)21)24(22-12)16-9-7-15(8-10-16)23-27(2,25)26/h3-11,23H,1-2H3. The molecule has 9 heteroatoms. The van der Waals surface area contributed by atoms with Gasteiger partial charge in [-0.15, -0.1) is 0 Å². The molecule has 5 nitrogen and oxygen atoms in total. The predicted molar refractivity (Wildman–Crippen MR) is 97.2 cm³/mol. The molecule has 1 N–H and O–H groups in total. The van der Waals surface area contributed by atoms with Crippen LogP contribution in [0.3, 0.4) is 0 Å². The van der Waals surface area contributed by atoms with E-state index in [1.165, 1.54) is 12.1 Å². The maximum absolute atomic E-state index is 12.8. The van der Waals surface area contributed by atoms with E-state index in [1.54, 1.807) is 41.9 Å². The molecule has 0 fully saturated rings. The van der Waals surface area contributed by atoms with Crippen LogP contribution in [-0.2, 0) is 16.2 Å². The summed E-state index contributed by atoms with van der Waals surface area (Å²) in [6, 6.07) is 13.1. The maximum Gasteiger partial charge on any atom is 0.416 e. The SMILES string of the molecule is Cc1cc(-c2ccc(C(F)(F)F)cc2)n(-c2ccc(NS(C)(=O)=O)cc2)n1. The highest BCUT2D eigenvalue weighted by atomic mass is 32.2. The number of hydrogen-bond donors (Lipinski definition) is 1. The molecule has 27 heavy (non-hydrogen) atoms. The summed E-state index contributed by atoms with van der Waals surface area (Å²) in [4.78, 5) is 0. The molecule has 0 aliphatic carbocycles. The highest BCUT2D eigenvalue weighted by Crippen LogP contribution is 2.31. The van der Waals surface area contributed by atoms with Gasteiger partial charge < -0.3 is 0 Å². The van der Waals surface area contributed by atoms with Gasteiger partial charge in [-0.2, -0.15) is 18.3 Å². The van der Waals surface area contributed by atoms with Gasteiger partial charge in [-0.3, -0.25) is 4.72 Å². The summed E-state index contributed by atoms with van der Waals surface area (Å²) in [6.45, 7) is 1.78. The first kappa shape index (κ1) is 19.0. The van der Waals surface area contributed by atoms with Crippen molar-refractivity contribution in [1.82, 2.24) is 9.78 Å². The molecule has 0 saturated heterocycles. The van der Waals surface area contributed by atoms with Crippen molar-refractivity contribution in [3.8, 4) is 16.9 Å². The highest BCUT2D eigenvalue weighted by Gasteiger charge is 2.30. The second kappa shape index (κ2) is 6.73. The Morgan fingerprint density at radius 3 is 2.11 bits per heavy atom. The number of aryl methyl sites for hydroxylation is 1. The van der Waals surface area contributed by atoms with Crippen LogP contribution in [-0.4, -0.2) is 24.5 Å². The van der Waals surface area contributed by atoms with Crippen molar-refractivity contribution in [2.24, 2.45) is 0 Å². The lowest BCUT2D eigenvalue weighted by atomic mass is 10.1. The van der Waals surface area contributed by atoms with Crippen molar-refractivity contribution in [3.05, 3.63) is 65.9 Å². The molecule has 1 aromatic heterocycles. The minimum Gasteiger partial charge on any atom is -0.284 e. The normalized spacial score (nSPS) is 12.2. The molecular weight excluding hydrogens is 379 g/mol. The Hall–Kier alpha value is -2.81. The Bertz CT molecular complexity index is 1050. The number of aromatic nitrogens is 2. The monoisotopic (exact) mass is 395 g/mol. The van der Waals surface area contributed by atoms with Crippen molar-refractivity contribution in [3.63, 3.8) is 0 Å². The largest absolute Gasteiger partial charge is 0.416 e. The summed E-state index contributed by atoms with van der Waals surface area (Å²) < 4.78 is 64.8. The van der Waals surface area contributed by atoms with Crippen LogP contribution in [0.2, 0.25) is 0 Å². The molecule has 0 unspecified atom stereocenters. The van der Waals surface area contributed by atoms with E-state index in [-0.39, 0.29) is 0 Å². The van der Waals surface area contributed by atoms with Gasteiger partial charge in [0.05, 0.1) is 28.9 Å². The number of nitrogens with one attached hydrogen (secondary N) is 1. The van der Waals surface area contributed by atoms with E-state index in [0.29, 0.717) is 28.3 Å². The van der Waals surface area contributed by atoms with Gasteiger partial charge in [-0.25, -0.2) is 13.1 Å². The number of hydrogen-bond acceptors (Lipinski definition) is 3. The third kappa shape index (κ3) is 4.48. The van der Waals surface area contributed by atoms with E-state index in [1.807, 2.05) is 0 Å². The quantitative estimate of drug-likeness (QED) is 0.719. The average molecular weight is 395 g/mol. The van der Waals surface area contributed by atoms with Crippen LogP contribution in [0.5, 0.6) is 0 Å². The van der Waals surface area contributed by atoms with Crippen molar-refractivity contribution in [1.29, 1.82) is 0 Å². The Labute approximate surface area is 154 Å². The fourth-order valence-electron chi connectivity index (χ4n) is 2.62. The van der Waals surface area contributed by atoms with Gasteiger partial charge in [0, 0.05) is 11.3 Å². The van der Waals surface area contributed by atoms with Gasteiger partial charge in [-0.1, -0.05) is 12.1 Å². The van der Waals surface area contributed by atoms with Crippen molar-refractivity contribution >= 4 is 15.7 Å². The zero-order valence-electron chi connectivity index (χ0n) is 14.4. The van der Waals surface area contributed by atoms with Crippen LogP contribution >= 0.6 is 0 Å². The van der Waals surface area contributed by atoms with Crippen LogP contribution in [0.15, 0.2) is 54.6 Å². The topological polar surface area (TPSA) is 64.0 Å². The van der Waals surface area contributed by atoms with Gasteiger partial charge in [0.15, 0.2) is 0 Å². The number of halogens is 3. The predicted octanol–water partition coefficient (Wildman–Crippen LogP) is 4.24. The van der Waals surface area contributed by atoms with Crippen LogP contribution in [0, 0.1) is 6.92 Å². The maximum atomic E-state index is 12.8. The fraction of sp³-hybridized carbons (Fsp3) is 0.167. The molecule has 0 spiro atoms. The Morgan fingerprint density at radius 1 is 1.00 bits per heavy atom. The van der Waals surface area contributed by atoms with Gasteiger partial charge >= 0.3 is 6.18 Å². The number of nitrogens with zero attached hydrogens (tertiary/aromatic N) is 2. The van der Waals surface area contributed by atoms with Crippen molar-refractivity contribution in [2.45, 2.75) is 13.1 Å². The number of anilines is 1. The first-order chi connectivity index (χ1) is 12.5. The Kier molecular flexibility index (Phi) is 4.73. The molecule has 0 amide bonds. The molecular formula is C18H16F3N3O2S.